The van der Waals surface area contributed by atoms with E-state index in [-0.39, 0.29) is 23.5 Å². The molecule has 0 aliphatic carbocycles. The van der Waals surface area contributed by atoms with Gasteiger partial charge in [0.25, 0.3) is 11.8 Å². The SMILES string of the molecule is CN(CCO)CCCNc1ccccc1C(=N)C1=C(c2cn(C)c3ccc(Cl)cc23)C(=O)NC1=O. The number of para-hydroxylation sites is 1. The highest BCUT2D eigenvalue weighted by molar-refractivity contribution is 6.48. The van der Waals surface area contributed by atoms with Crippen molar-refractivity contribution >= 4 is 51.3 Å². The van der Waals surface area contributed by atoms with Crippen molar-refractivity contribution < 1.29 is 14.7 Å². The number of hydrogen-bond donors (Lipinski definition) is 4. The first-order chi connectivity index (χ1) is 16.8. The highest BCUT2D eigenvalue weighted by Crippen LogP contribution is 2.35. The summed E-state index contributed by atoms with van der Waals surface area (Å²) in [7, 11) is 3.81. The Balaban J connectivity index is 1.69. The molecule has 4 N–H and O–H groups in total. The van der Waals surface area contributed by atoms with Gasteiger partial charge >= 0.3 is 0 Å². The van der Waals surface area contributed by atoms with Gasteiger partial charge in [-0.05, 0) is 44.3 Å². The minimum Gasteiger partial charge on any atom is -0.395 e. The van der Waals surface area contributed by atoms with Gasteiger partial charge in [-0.1, -0.05) is 29.8 Å². The number of carbonyl (C=O) groups is 2. The lowest BCUT2D eigenvalue weighted by molar-refractivity contribution is -0.123. The number of halogens is 1. The summed E-state index contributed by atoms with van der Waals surface area (Å²) >= 11 is 6.23. The van der Waals surface area contributed by atoms with Crippen LogP contribution in [0.4, 0.5) is 5.69 Å². The third-order valence-electron chi connectivity index (χ3n) is 6.11. The van der Waals surface area contributed by atoms with Crippen molar-refractivity contribution in [3.63, 3.8) is 0 Å². The van der Waals surface area contributed by atoms with Crippen LogP contribution in [-0.4, -0.2) is 65.4 Å². The molecule has 8 nitrogen and oxygen atoms in total. The van der Waals surface area contributed by atoms with Crippen LogP contribution in [0.15, 0.2) is 54.2 Å². The minimum absolute atomic E-state index is 0.0251. The molecule has 3 aromatic rings. The third-order valence-corrected chi connectivity index (χ3v) is 6.35. The number of likely N-dealkylation sites (N-methyl/N-ethyl adjacent to an activating group) is 1. The van der Waals surface area contributed by atoms with Crippen molar-refractivity contribution in [3.05, 3.63) is 70.4 Å². The average Bonchev–Trinajstić information content (AvgIpc) is 3.30. The molecular weight excluding hydrogens is 466 g/mol. The van der Waals surface area contributed by atoms with E-state index >= 15 is 0 Å². The molecule has 35 heavy (non-hydrogen) atoms. The quantitative estimate of drug-likeness (QED) is 0.197. The Morgan fingerprint density at radius 2 is 1.94 bits per heavy atom. The van der Waals surface area contributed by atoms with Gasteiger partial charge in [-0.25, -0.2) is 0 Å². The van der Waals surface area contributed by atoms with Crippen molar-refractivity contribution in [1.82, 2.24) is 14.8 Å². The van der Waals surface area contributed by atoms with E-state index in [1.165, 1.54) is 0 Å². The number of imide groups is 1. The van der Waals surface area contributed by atoms with Crippen LogP contribution in [0.1, 0.15) is 17.5 Å². The van der Waals surface area contributed by atoms with Gasteiger partial charge < -0.3 is 19.9 Å². The van der Waals surface area contributed by atoms with E-state index in [2.05, 4.69) is 10.6 Å². The maximum absolute atomic E-state index is 12.9. The second-order valence-corrected chi connectivity index (χ2v) is 9.01. The van der Waals surface area contributed by atoms with Crippen LogP contribution in [0.25, 0.3) is 16.5 Å². The Labute approximate surface area is 208 Å². The van der Waals surface area contributed by atoms with Crippen molar-refractivity contribution in [1.29, 1.82) is 5.41 Å². The smallest absolute Gasteiger partial charge is 0.261 e. The molecule has 0 saturated heterocycles. The predicted octanol–water partition coefficient (Wildman–Crippen LogP) is 3.04. The molecular formula is C26H28ClN5O3. The second kappa shape index (κ2) is 10.4. The van der Waals surface area contributed by atoms with E-state index in [0.29, 0.717) is 34.9 Å². The number of fused-ring (bicyclic) bond motifs is 1. The molecule has 182 valence electrons. The fourth-order valence-corrected chi connectivity index (χ4v) is 4.53. The predicted molar refractivity (Wildman–Crippen MR) is 139 cm³/mol. The number of hydrogen-bond acceptors (Lipinski definition) is 6. The molecule has 4 rings (SSSR count). The second-order valence-electron chi connectivity index (χ2n) is 8.58. The molecule has 1 aliphatic heterocycles. The van der Waals surface area contributed by atoms with Crippen LogP contribution in [0.5, 0.6) is 0 Å². The van der Waals surface area contributed by atoms with E-state index in [1.54, 1.807) is 30.5 Å². The molecule has 1 aromatic heterocycles. The number of benzene rings is 2. The molecule has 0 spiro atoms. The molecule has 2 aromatic carbocycles. The Morgan fingerprint density at radius 3 is 2.71 bits per heavy atom. The summed E-state index contributed by atoms with van der Waals surface area (Å²) < 4.78 is 1.87. The molecule has 0 fully saturated rings. The lowest BCUT2D eigenvalue weighted by Crippen LogP contribution is -2.25. The zero-order valence-electron chi connectivity index (χ0n) is 19.7. The zero-order chi connectivity index (χ0) is 25.1. The lowest BCUT2D eigenvalue weighted by Gasteiger charge is -2.17. The maximum Gasteiger partial charge on any atom is 0.261 e. The first kappa shape index (κ1) is 24.7. The number of anilines is 1. The Bertz CT molecular complexity index is 1340. The molecule has 1 aliphatic rings. The topological polar surface area (TPSA) is 110 Å². The van der Waals surface area contributed by atoms with Gasteiger partial charge in [-0.15, -0.1) is 0 Å². The number of carbonyl (C=O) groups excluding carboxylic acids is 2. The van der Waals surface area contributed by atoms with Crippen molar-refractivity contribution in [2.24, 2.45) is 7.05 Å². The van der Waals surface area contributed by atoms with Crippen LogP contribution in [-0.2, 0) is 16.6 Å². The van der Waals surface area contributed by atoms with Gasteiger partial charge in [-0.2, -0.15) is 0 Å². The number of aryl methyl sites for hydroxylation is 1. The highest BCUT2D eigenvalue weighted by atomic mass is 35.5. The number of aliphatic hydroxyl groups excluding tert-OH is 1. The van der Waals surface area contributed by atoms with Crippen LogP contribution in [0, 0.1) is 5.41 Å². The molecule has 0 radical (unpaired) electrons. The molecule has 0 saturated carbocycles. The molecule has 2 heterocycles. The van der Waals surface area contributed by atoms with Gasteiger partial charge in [0.2, 0.25) is 0 Å². The Hall–Kier alpha value is -3.46. The van der Waals surface area contributed by atoms with E-state index < -0.39 is 11.8 Å². The summed E-state index contributed by atoms with van der Waals surface area (Å²) in [5, 5.41) is 25.0. The number of rotatable bonds is 10. The molecule has 0 atom stereocenters. The molecule has 2 amide bonds. The van der Waals surface area contributed by atoms with Gasteiger partial charge in [0.15, 0.2) is 0 Å². The fourth-order valence-electron chi connectivity index (χ4n) is 4.36. The largest absolute Gasteiger partial charge is 0.395 e. The van der Waals surface area contributed by atoms with Crippen LogP contribution < -0.4 is 10.6 Å². The molecule has 9 heteroatoms. The van der Waals surface area contributed by atoms with Crippen LogP contribution >= 0.6 is 11.6 Å². The van der Waals surface area contributed by atoms with Crippen molar-refractivity contribution in [2.45, 2.75) is 6.42 Å². The first-order valence-electron chi connectivity index (χ1n) is 11.4. The van der Waals surface area contributed by atoms with Crippen molar-refractivity contribution in [3.8, 4) is 0 Å². The Kier molecular flexibility index (Phi) is 7.35. The van der Waals surface area contributed by atoms with E-state index in [9.17, 15) is 9.59 Å². The van der Waals surface area contributed by atoms with Gasteiger partial charge in [-0.3, -0.25) is 20.3 Å². The number of amides is 2. The standard InChI is InChI=1S/C26H28ClN5O3/c1-31(12-13-33)11-5-10-29-20-7-4-3-6-17(20)24(28)23-22(25(34)30-26(23)35)19-15-32(2)21-9-8-16(27)14-18(19)21/h3-4,6-9,14-15,28-29,33H,5,10-13H2,1-2H3,(H,30,34,35). The summed E-state index contributed by atoms with van der Waals surface area (Å²) in [4.78, 5) is 27.8. The van der Waals surface area contributed by atoms with Crippen molar-refractivity contribution in [2.75, 3.05) is 38.6 Å². The monoisotopic (exact) mass is 493 g/mol. The third kappa shape index (κ3) is 5.00. The average molecular weight is 494 g/mol. The summed E-state index contributed by atoms with van der Waals surface area (Å²) in [6.07, 6.45) is 2.62. The number of aromatic nitrogens is 1. The molecule has 0 bridgehead atoms. The van der Waals surface area contributed by atoms with Crippen LogP contribution in [0.2, 0.25) is 5.02 Å². The Morgan fingerprint density at radius 1 is 1.17 bits per heavy atom. The van der Waals surface area contributed by atoms with E-state index in [0.717, 1.165) is 23.9 Å². The minimum atomic E-state index is -0.588. The summed E-state index contributed by atoms with van der Waals surface area (Å²) in [6, 6.07) is 12.7. The summed E-state index contributed by atoms with van der Waals surface area (Å²) in [5.41, 5.74) is 2.86. The van der Waals surface area contributed by atoms with E-state index in [1.807, 2.05) is 41.8 Å². The maximum atomic E-state index is 12.9. The summed E-state index contributed by atoms with van der Waals surface area (Å²) in [5.74, 6) is -1.12. The number of nitrogens with one attached hydrogen (secondary N) is 3. The summed E-state index contributed by atoms with van der Waals surface area (Å²) in [6.45, 7) is 2.19. The highest BCUT2D eigenvalue weighted by Gasteiger charge is 2.36. The molecule has 0 unspecified atom stereocenters. The van der Waals surface area contributed by atoms with E-state index in [4.69, 9.17) is 22.1 Å². The van der Waals surface area contributed by atoms with Crippen LogP contribution in [0.3, 0.4) is 0 Å². The van der Waals surface area contributed by atoms with Gasteiger partial charge in [0.05, 0.1) is 23.5 Å². The first-order valence-corrected chi connectivity index (χ1v) is 11.8. The van der Waals surface area contributed by atoms with Gasteiger partial charge in [0, 0.05) is 59.1 Å². The lowest BCUT2D eigenvalue weighted by atomic mass is 9.93. The van der Waals surface area contributed by atoms with Gasteiger partial charge in [0.1, 0.15) is 0 Å². The normalized spacial score (nSPS) is 13.7. The zero-order valence-corrected chi connectivity index (χ0v) is 20.4. The number of nitrogens with zero attached hydrogens (tertiary/aromatic N) is 2. The number of aliphatic hydroxyl groups is 1. The fraction of sp³-hybridized carbons (Fsp3) is 0.269.